The highest BCUT2D eigenvalue weighted by molar-refractivity contribution is 8.01. The number of esters is 1. The maximum Gasteiger partial charge on any atom is 0.330 e. The van der Waals surface area contributed by atoms with Crippen LogP contribution < -0.4 is 0 Å². The molecule has 2 aliphatic heterocycles. The maximum absolute atomic E-state index is 12.7. The van der Waals surface area contributed by atoms with Crippen LogP contribution in [0.2, 0.25) is 0 Å². The van der Waals surface area contributed by atoms with Crippen LogP contribution in [-0.4, -0.2) is 43.6 Å². The molecular weight excluding hydrogens is 372 g/mol. The molecule has 1 aromatic carbocycles. The fourth-order valence-corrected chi connectivity index (χ4v) is 5.19. The average Bonchev–Trinajstić information content (AvgIpc) is 2.86. The third kappa shape index (κ3) is 3.55. The van der Waals surface area contributed by atoms with Gasteiger partial charge in [0.25, 0.3) is 5.69 Å². The van der Waals surface area contributed by atoms with Gasteiger partial charge < -0.3 is 14.4 Å². The van der Waals surface area contributed by atoms with Crippen molar-refractivity contribution in [1.29, 1.82) is 0 Å². The fourth-order valence-electron chi connectivity index (χ4n) is 3.52. The Kier molecular flexibility index (Phi) is 4.98. The Morgan fingerprint density at radius 2 is 1.93 bits per heavy atom. The quantitative estimate of drug-likeness (QED) is 0.316. The van der Waals surface area contributed by atoms with Crippen molar-refractivity contribution in [2.45, 2.75) is 50.0 Å². The van der Waals surface area contributed by atoms with E-state index in [1.165, 1.54) is 47.9 Å². The summed E-state index contributed by atoms with van der Waals surface area (Å²) < 4.78 is 4.85. The number of benzene rings is 1. The van der Waals surface area contributed by atoms with E-state index >= 15 is 0 Å². The van der Waals surface area contributed by atoms with Gasteiger partial charge in [-0.2, -0.15) is 0 Å². The Hall–Kier alpha value is -2.42. The van der Waals surface area contributed by atoms with E-state index in [2.05, 4.69) is 0 Å². The number of nitro groups is 1. The van der Waals surface area contributed by atoms with Crippen LogP contribution in [-0.2, 0) is 25.7 Å². The molecule has 0 aromatic heterocycles. The lowest BCUT2D eigenvalue weighted by Gasteiger charge is -2.43. The number of hydrogen-bond acceptors (Lipinski definition) is 7. The predicted molar refractivity (Wildman–Crippen MR) is 97.8 cm³/mol. The lowest BCUT2D eigenvalue weighted by atomic mass is 9.88. The highest BCUT2D eigenvalue weighted by atomic mass is 32.2. The Labute approximate surface area is 160 Å². The molecule has 0 aliphatic carbocycles. The molecule has 0 N–H and O–H groups in total. The molecular formula is C18H20N2O6S. The van der Waals surface area contributed by atoms with Crippen molar-refractivity contribution >= 4 is 35.1 Å². The zero-order valence-corrected chi connectivity index (χ0v) is 16.0. The first-order valence-electron chi connectivity index (χ1n) is 8.51. The molecule has 0 spiro atoms. The fraction of sp³-hybridized carbons (Fsp3) is 0.500. The van der Waals surface area contributed by atoms with Crippen molar-refractivity contribution in [3.63, 3.8) is 0 Å². The number of carbonyl (C=O) groups excluding carboxylic acids is 3. The molecule has 1 aromatic rings. The molecule has 2 saturated heterocycles. The van der Waals surface area contributed by atoms with Crippen LogP contribution in [0, 0.1) is 16.0 Å². The Bertz CT molecular complexity index is 807. The van der Waals surface area contributed by atoms with Crippen LogP contribution in [0.25, 0.3) is 0 Å². The second-order valence-corrected chi connectivity index (χ2v) is 9.07. The number of thioether (sulfide) groups is 1. The van der Waals surface area contributed by atoms with Gasteiger partial charge in [0, 0.05) is 23.3 Å². The van der Waals surface area contributed by atoms with Crippen LogP contribution in [0.3, 0.4) is 0 Å². The number of non-ortho nitro benzene ring substituents is 1. The van der Waals surface area contributed by atoms with Gasteiger partial charge in [-0.25, -0.2) is 4.79 Å². The van der Waals surface area contributed by atoms with Crippen LogP contribution in [0.4, 0.5) is 5.69 Å². The highest BCUT2D eigenvalue weighted by Crippen LogP contribution is 2.54. The van der Waals surface area contributed by atoms with Gasteiger partial charge >= 0.3 is 5.97 Å². The summed E-state index contributed by atoms with van der Waals surface area (Å²) in [6, 6.07) is 5.03. The predicted octanol–water partition coefficient (Wildman–Crippen LogP) is 2.30. The van der Waals surface area contributed by atoms with Crippen molar-refractivity contribution in [2.24, 2.45) is 5.92 Å². The van der Waals surface area contributed by atoms with E-state index in [0.717, 1.165) is 0 Å². The lowest BCUT2D eigenvalue weighted by Crippen LogP contribution is -2.63. The summed E-state index contributed by atoms with van der Waals surface area (Å²) in [5.74, 6) is -1.12. The summed E-state index contributed by atoms with van der Waals surface area (Å²) in [5.41, 5.74) is 0.585. The van der Waals surface area contributed by atoms with Crippen LogP contribution in [0.1, 0.15) is 32.8 Å². The zero-order valence-electron chi connectivity index (χ0n) is 15.2. The summed E-state index contributed by atoms with van der Waals surface area (Å²) in [6.45, 7) is 5.19. The second kappa shape index (κ2) is 6.95. The number of hydrogen-bond donors (Lipinski definition) is 0. The first-order chi connectivity index (χ1) is 12.6. The van der Waals surface area contributed by atoms with Crippen molar-refractivity contribution < 1.29 is 24.0 Å². The molecule has 1 amide bonds. The van der Waals surface area contributed by atoms with Gasteiger partial charge in [-0.05, 0) is 38.5 Å². The molecule has 27 heavy (non-hydrogen) atoms. The molecule has 3 rings (SSSR count). The smallest absolute Gasteiger partial charge is 0.330 e. The average molecular weight is 392 g/mol. The van der Waals surface area contributed by atoms with Gasteiger partial charge in [0.05, 0.1) is 16.2 Å². The van der Waals surface area contributed by atoms with Gasteiger partial charge in [-0.1, -0.05) is 0 Å². The molecule has 8 nitrogen and oxygen atoms in total. The summed E-state index contributed by atoms with van der Waals surface area (Å²) in [4.78, 5) is 48.2. The third-order valence-corrected chi connectivity index (χ3v) is 6.44. The summed E-state index contributed by atoms with van der Waals surface area (Å²) >= 11 is 1.51. The zero-order chi connectivity index (χ0) is 19.9. The minimum atomic E-state index is -0.721. The number of carbonyl (C=O) groups is 3. The van der Waals surface area contributed by atoms with E-state index in [9.17, 15) is 24.5 Å². The third-order valence-electron chi connectivity index (χ3n) is 4.81. The molecule has 9 heteroatoms. The summed E-state index contributed by atoms with van der Waals surface area (Å²) in [7, 11) is 0. The molecule has 2 aliphatic rings. The Morgan fingerprint density at radius 1 is 1.30 bits per heavy atom. The number of nitrogens with zero attached hydrogens (tertiary/aromatic N) is 2. The van der Waals surface area contributed by atoms with Gasteiger partial charge in [-0.15, -0.1) is 11.8 Å². The normalized spacial score (nSPS) is 25.5. The van der Waals surface area contributed by atoms with E-state index in [4.69, 9.17) is 4.74 Å². The second-order valence-electron chi connectivity index (χ2n) is 7.30. The molecule has 0 radical (unpaired) electrons. The van der Waals surface area contributed by atoms with Crippen molar-refractivity contribution in [1.82, 2.24) is 4.90 Å². The standard InChI is InChI=1S/C18H20N2O6S/c1-10(21)8-13-15(22)19-14(18(2,3)27-16(13)19)17(23)26-9-11-4-6-12(7-5-11)20(24)25/h4-7,13-14,16H,8-9H2,1-3H3/t13-,14+,16-/m1/s1. The Morgan fingerprint density at radius 3 is 2.48 bits per heavy atom. The number of amides is 1. The van der Waals surface area contributed by atoms with Gasteiger partial charge in [0.2, 0.25) is 5.91 Å². The maximum atomic E-state index is 12.7. The number of β-lactam (4-membered cyclic amide) rings is 1. The van der Waals surface area contributed by atoms with Crippen LogP contribution >= 0.6 is 11.8 Å². The molecule has 0 saturated carbocycles. The minimum absolute atomic E-state index is 0.0301. The molecule has 2 fully saturated rings. The van der Waals surface area contributed by atoms with Crippen molar-refractivity contribution in [3.05, 3.63) is 39.9 Å². The van der Waals surface area contributed by atoms with Crippen molar-refractivity contribution in [3.8, 4) is 0 Å². The van der Waals surface area contributed by atoms with Crippen LogP contribution in [0.5, 0.6) is 0 Å². The Balaban J connectivity index is 1.66. The number of rotatable bonds is 6. The van der Waals surface area contributed by atoms with E-state index < -0.39 is 21.7 Å². The molecule has 0 unspecified atom stereocenters. The largest absolute Gasteiger partial charge is 0.459 e. The van der Waals surface area contributed by atoms with Gasteiger partial charge in [-0.3, -0.25) is 14.9 Å². The van der Waals surface area contributed by atoms with E-state index in [1.54, 1.807) is 0 Å². The van der Waals surface area contributed by atoms with Crippen LogP contribution in [0.15, 0.2) is 24.3 Å². The number of Topliss-reactive ketones (excluding diaryl/α,β-unsaturated/α-hetero) is 1. The highest BCUT2D eigenvalue weighted by Gasteiger charge is 2.63. The van der Waals surface area contributed by atoms with Gasteiger partial charge in [0.15, 0.2) is 0 Å². The number of ether oxygens (including phenoxy) is 1. The SMILES string of the molecule is CC(=O)C[C@@H]1C(=O)N2[C@@H]1SC(C)(C)[C@@H]2C(=O)OCc1ccc([N+](=O)[O-])cc1. The minimum Gasteiger partial charge on any atom is -0.459 e. The van der Waals surface area contributed by atoms with E-state index in [1.807, 2.05) is 13.8 Å². The first kappa shape index (κ1) is 19.3. The number of ketones is 1. The first-order valence-corrected chi connectivity index (χ1v) is 9.39. The molecule has 0 bridgehead atoms. The monoisotopic (exact) mass is 392 g/mol. The lowest BCUT2D eigenvalue weighted by molar-refractivity contribution is -0.384. The topological polar surface area (TPSA) is 107 Å². The number of nitro benzene ring substituents is 1. The summed E-state index contributed by atoms with van der Waals surface area (Å²) in [6.07, 6.45) is 0.188. The molecule has 2 heterocycles. The van der Waals surface area contributed by atoms with Crippen molar-refractivity contribution in [2.75, 3.05) is 0 Å². The molecule has 3 atom stereocenters. The van der Waals surface area contributed by atoms with Gasteiger partial charge in [0.1, 0.15) is 18.4 Å². The molecule has 144 valence electrons. The number of fused-ring (bicyclic) bond motifs is 1. The van der Waals surface area contributed by atoms with E-state index in [0.29, 0.717) is 5.56 Å². The summed E-state index contributed by atoms with van der Waals surface area (Å²) in [5, 5.41) is 10.5. The van der Waals surface area contributed by atoms with E-state index in [-0.39, 0.29) is 41.7 Å².